The number of halogens is 1. The molecule has 1 aromatic rings. The first-order valence-corrected chi connectivity index (χ1v) is 7.12. The number of rotatable bonds is 1. The van der Waals surface area contributed by atoms with Gasteiger partial charge in [-0.1, -0.05) is 17.7 Å². The molecule has 0 aromatic heterocycles. The quantitative estimate of drug-likeness (QED) is 0.798. The van der Waals surface area contributed by atoms with Crippen molar-refractivity contribution < 1.29 is 4.79 Å². The number of carbonyl (C=O) groups excluding carboxylic acids is 1. The van der Waals surface area contributed by atoms with Crippen LogP contribution in [0, 0.1) is 0 Å². The third kappa shape index (κ3) is 2.30. The zero-order chi connectivity index (χ0) is 13.4. The van der Waals surface area contributed by atoms with Gasteiger partial charge in [0.2, 0.25) is 0 Å². The standard InChI is InChI=1S/C14H18ClN3O/c15-11-4-1-5-12(16)13(11)14(19)18-8-7-17-6-2-3-10(17)9-18/h1,4-5,10H,2-3,6-9,16H2. The Kier molecular flexibility index (Phi) is 3.37. The van der Waals surface area contributed by atoms with Gasteiger partial charge >= 0.3 is 0 Å². The van der Waals surface area contributed by atoms with Crippen LogP contribution >= 0.6 is 11.6 Å². The highest BCUT2D eigenvalue weighted by Crippen LogP contribution is 2.27. The van der Waals surface area contributed by atoms with E-state index in [1.54, 1.807) is 18.2 Å². The molecule has 2 N–H and O–H groups in total. The Bertz CT molecular complexity index is 485. The van der Waals surface area contributed by atoms with E-state index in [0.29, 0.717) is 22.3 Å². The van der Waals surface area contributed by atoms with Gasteiger partial charge in [0.1, 0.15) is 0 Å². The van der Waals surface area contributed by atoms with Crippen LogP contribution in [0.25, 0.3) is 0 Å². The summed E-state index contributed by atoms with van der Waals surface area (Å²) < 4.78 is 0. The average Bonchev–Trinajstić information content (AvgIpc) is 2.85. The topological polar surface area (TPSA) is 49.6 Å². The van der Waals surface area contributed by atoms with Gasteiger partial charge in [0.05, 0.1) is 10.6 Å². The SMILES string of the molecule is Nc1cccc(Cl)c1C(=O)N1CCN2CCCC2C1. The van der Waals surface area contributed by atoms with Gasteiger partial charge in [0.15, 0.2) is 0 Å². The summed E-state index contributed by atoms with van der Waals surface area (Å²) in [6.07, 6.45) is 2.42. The largest absolute Gasteiger partial charge is 0.398 e. The molecule has 2 saturated heterocycles. The molecular formula is C14H18ClN3O. The van der Waals surface area contributed by atoms with E-state index in [9.17, 15) is 4.79 Å². The Morgan fingerprint density at radius 3 is 2.95 bits per heavy atom. The van der Waals surface area contributed by atoms with Crippen molar-refractivity contribution in [1.82, 2.24) is 9.80 Å². The third-order valence-corrected chi connectivity index (χ3v) is 4.45. The zero-order valence-electron chi connectivity index (χ0n) is 10.8. The lowest BCUT2D eigenvalue weighted by Gasteiger charge is -2.37. The summed E-state index contributed by atoms with van der Waals surface area (Å²) in [7, 11) is 0. The van der Waals surface area contributed by atoms with Gasteiger partial charge in [0.25, 0.3) is 5.91 Å². The average molecular weight is 280 g/mol. The summed E-state index contributed by atoms with van der Waals surface area (Å²) >= 11 is 6.12. The summed E-state index contributed by atoms with van der Waals surface area (Å²) in [4.78, 5) is 16.9. The molecule has 0 spiro atoms. The maximum Gasteiger partial charge on any atom is 0.257 e. The van der Waals surface area contributed by atoms with Crippen LogP contribution in [0.5, 0.6) is 0 Å². The molecule has 0 aliphatic carbocycles. The molecule has 0 radical (unpaired) electrons. The number of amides is 1. The summed E-state index contributed by atoms with van der Waals surface area (Å²) in [5, 5.41) is 0.443. The van der Waals surface area contributed by atoms with Crippen molar-refractivity contribution >= 4 is 23.2 Å². The molecule has 3 rings (SSSR count). The molecule has 19 heavy (non-hydrogen) atoms. The second-order valence-electron chi connectivity index (χ2n) is 5.29. The molecule has 2 aliphatic rings. The molecule has 1 atom stereocenters. The highest BCUT2D eigenvalue weighted by atomic mass is 35.5. The van der Waals surface area contributed by atoms with E-state index in [-0.39, 0.29) is 5.91 Å². The Hall–Kier alpha value is -1.26. The van der Waals surface area contributed by atoms with Crippen LogP contribution in [0.3, 0.4) is 0 Å². The van der Waals surface area contributed by atoms with Crippen molar-refractivity contribution in [2.24, 2.45) is 0 Å². The molecule has 1 aromatic carbocycles. The van der Waals surface area contributed by atoms with Gasteiger partial charge in [-0.25, -0.2) is 0 Å². The Balaban J connectivity index is 1.81. The second kappa shape index (κ2) is 5.02. The molecule has 1 amide bonds. The number of piperazine rings is 1. The summed E-state index contributed by atoms with van der Waals surface area (Å²) in [6, 6.07) is 5.73. The number of benzene rings is 1. The predicted octanol–water partition coefficient (Wildman–Crippen LogP) is 1.84. The van der Waals surface area contributed by atoms with E-state index < -0.39 is 0 Å². The van der Waals surface area contributed by atoms with Crippen LogP contribution in [0.4, 0.5) is 5.69 Å². The minimum Gasteiger partial charge on any atom is -0.398 e. The van der Waals surface area contributed by atoms with E-state index in [4.69, 9.17) is 17.3 Å². The van der Waals surface area contributed by atoms with Crippen molar-refractivity contribution in [2.45, 2.75) is 18.9 Å². The van der Waals surface area contributed by atoms with E-state index in [2.05, 4.69) is 4.90 Å². The number of nitrogens with two attached hydrogens (primary N) is 1. The summed E-state index contributed by atoms with van der Waals surface area (Å²) in [5.74, 6) is -0.0327. The lowest BCUT2D eigenvalue weighted by atomic mass is 10.1. The number of hydrogen-bond donors (Lipinski definition) is 1. The first kappa shape index (κ1) is 12.8. The molecule has 2 aliphatic heterocycles. The van der Waals surface area contributed by atoms with Crippen LogP contribution in [-0.4, -0.2) is 47.9 Å². The summed E-state index contributed by atoms with van der Waals surface area (Å²) in [5.41, 5.74) is 6.81. The fourth-order valence-corrected chi connectivity index (χ4v) is 3.36. The number of nitrogens with zero attached hydrogens (tertiary/aromatic N) is 2. The lowest BCUT2D eigenvalue weighted by molar-refractivity contribution is 0.0572. The van der Waals surface area contributed by atoms with Gasteiger partial charge in [-0.3, -0.25) is 9.69 Å². The number of fused-ring (bicyclic) bond motifs is 1. The Morgan fingerprint density at radius 2 is 2.16 bits per heavy atom. The number of hydrogen-bond acceptors (Lipinski definition) is 3. The first-order valence-electron chi connectivity index (χ1n) is 6.74. The number of nitrogen functional groups attached to an aromatic ring is 1. The third-order valence-electron chi connectivity index (χ3n) is 4.13. The van der Waals surface area contributed by atoms with Crippen molar-refractivity contribution in [2.75, 3.05) is 31.9 Å². The van der Waals surface area contributed by atoms with Gasteiger partial charge in [-0.2, -0.15) is 0 Å². The van der Waals surface area contributed by atoms with Crippen molar-refractivity contribution in [3.63, 3.8) is 0 Å². The van der Waals surface area contributed by atoms with Gasteiger partial charge in [-0.15, -0.1) is 0 Å². The van der Waals surface area contributed by atoms with Crippen LogP contribution < -0.4 is 5.73 Å². The maximum absolute atomic E-state index is 12.6. The van der Waals surface area contributed by atoms with Crippen LogP contribution in [0.15, 0.2) is 18.2 Å². The normalized spacial score (nSPS) is 23.4. The molecule has 0 saturated carbocycles. The lowest BCUT2D eigenvalue weighted by Crippen LogP contribution is -2.52. The fraction of sp³-hybridized carbons (Fsp3) is 0.500. The minimum atomic E-state index is -0.0327. The van der Waals surface area contributed by atoms with Crippen LogP contribution in [0.2, 0.25) is 5.02 Å². The minimum absolute atomic E-state index is 0.0327. The molecular weight excluding hydrogens is 262 g/mol. The van der Waals surface area contributed by atoms with E-state index >= 15 is 0 Å². The molecule has 1 unspecified atom stereocenters. The molecule has 2 fully saturated rings. The fourth-order valence-electron chi connectivity index (χ4n) is 3.10. The predicted molar refractivity (Wildman–Crippen MR) is 76.4 cm³/mol. The summed E-state index contributed by atoms with van der Waals surface area (Å²) in [6.45, 7) is 3.69. The molecule has 0 bridgehead atoms. The molecule has 102 valence electrons. The first-order chi connectivity index (χ1) is 9.16. The van der Waals surface area contributed by atoms with Crippen molar-refractivity contribution in [3.8, 4) is 0 Å². The smallest absolute Gasteiger partial charge is 0.257 e. The van der Waals surface area contributed by atoms with Crippen LogP contribution in [-0.2, 0) is 0 Å². The van der Waals surface area contributed by atoms with Gasteiger partial charge in [-0.05, 0) is 31.5 Å². The monoisotopic (exact) mass is 279 g/mol. The highest BCUT2D eigenvalue weighted by molar-refractivity contribution is 6.34. The van der Waals surface area contributed by atoms with Crippen LogP contribution in [0.1, 0.15) is 23.2 Å². The number of carbonyl (C=O) groups is 1. The highest BCUT2D eigenvalue weighted by Gasteiger charge is 2.33. The maximum atomic E-state index is 12.6. The van der Waals surface area contributed by atoms with E-state index in [1.807, 2.05) is 4.90 Å². The Morgan fingerprint density at radius 1 is 1.32 bits per heavy atom. The van der Waals surface area contributed by atoms with Gasteiger partial charge in [0, 0.05) is 31.4 Å². The number of anilines is 1. The molecule has 5 heteroatoms. The molecule has 2 heterocycles. The molecule has 4 nitrogen and oxygen atoms in total. The van der Waals surface area contributed by atoms with Gasteiger partial charge < -0.3 is 10.6 Å². The van der Waals surface area contributed by atoms with Crippen molar-refractivity contribution in [1.29, 1.82) is 0 Å². The van der Waals surface area contributed by atoms with E-state index in [0.717, 1.165) is 19.6 Å². The zero-order valence-corrected chi connectivity index (χ0v) is 11.6. The second-order valence-corrected chi connectivity index (χ2v) is 5.69. The Labute approximate surface area is 118 Å². The van der Waals surface area contributed by atoms with E-state index in [1.165, 1.54) is 19.4 Å². The van der Waals surface area contributed by atoms with Crippen molar-refractivity contribution in [3.05, 3.63) is 28.8 Å².